The van der Waals surface area contributed by atoms with Crippen LogP contribution in [0.5, 0.6) is 0 Å². The van der Waals surface area contributed by atoms with Gasteiger partial charge in [0.15, 0.2) is 0 Å². The van der Waals surface area contributed by atoms with Gasteiger partial charge in [-0.2, -0.15) is 0 Å². The van der Waals surface area contributed by atoms with Crippen LogP contribution in [0.3, 0.4) is 0 Å². The van der Waals surface area contributed by atoms with Crippen molar-refractivity contribution in [2.45, 2.75) is 38.2 Å². The van der Waals surface area contributed by atoms with Crippen LogP contribution in [0.4, 0.5) is 0 Å². The largest absolute Gasteiger partial charge is 0.393 e. The molecule has 0 aromatic heterocycles. The molecule has 0 spiro atoms. The molecule has 1 saturated carbocycles. The Morgan fingerprint density at radius 2 is 2.13 bits per heavy atom. The first kappa shape index (κ1) is 12.9. The first-order chi connectivity index (χ1) is 7.24. The monoisotopic (exact) mass is 215 g/mol. The summed E-state index contributed by atoms with van der Waals surface area (Å²) in [5.74, 6) is 0.551. The summed E-state index contributed by atoms with van der Waals surface area (Å²) in [6.45, 7) is 3.04. The summed E-state index contributed by atoms with van der Waals surface area (Å²) in [7, 11) is 3.89. The van der Waals surface area contributed by atoms with Crippen molar-refractivity contribution < 1.29 is 9.84 Å². The number of aliphatic hydroxyl groups is 1. The number of ether oxygens (including phenoxy) is 1. The predicted octanol–water partition coefficient (Wildman–Crippen LogP) is 1.51. The van der Waals surface area contributed by atoms with Crippen LogP contribution >= 0.6 is 0 Å². The fourth-order valence-corrected chi connectivity index (χ4v) is 2.33. The number of rotatable bonds is 7. The van der Waals surface area contributed by atoms with E-state index in [1.54, 1.807) is 7.11 Å². The normalized spacial score (nSPS) is 26.4. The molecule has 0 aromatic rings. The van der Waals surface area contributed by atoms with Crippen LogP contribution < -0.4 is 0 Å². The molecule has 2 unspecified atom stereocenters. The minimum absolute atomic E-state index is 0.0302. The Balaban J connectivity index is 2.03. The molecule has 1 N–H and O–H groups in total. The van der Waals surface area contributed by atoms with Crippen molar-refractivity contribution in [3.8, 4) is 0 Å². The maximum Gasteiger partial charge on any atom is 0.0568 e. The van der Waals surface area contributed by atoms with Crippen LogP contribution in [0.1, 0.15) is 32.1 Å². The second-order valence-corrected chi connectivity index (χ2v) is 4.70. The summed E-state index contributed by atoms with van der Waals surface area (Å²) in [6, 6.07) is 0. The van der Waals surface area contributed by atoms with Crippen molar-refractivity contribution in [2.75, 3.05) is 33.9 Å². The van der Waals surface area contributed by atoms with Gasteiger partial charge in [-0.15, -0.1) is 0 Å². The van der Waals surface area contributed by atoms with Crippen LogP contribution in [0.15, 0.2) is 0 Å². The van der Waals surface area contributed by atoms with Gasteiger partial charge in [0.05, 0.1) is 6.10 Å². The molecule has 1 aliphatic rings. The van der Waals surface area contributed by atoms with E-state index in [1.807, 2.05) is 0 Å². The molecule has 1 aliphatic carbocycles. The van der Waals surface area contributed by atoms with Crippen molar-refractivity contribution in [1.29, 1.82) is 0 Å². The van der Waals surface area contributed by atoms with E-state index in [0.717, 1.165) is 39.0 Å². The lowest BCUT2D eigenvalue weighted by Crippen LogP contribution is -2.25. The lowest BCUT2D eigenvalue weighted by molar-refractivity contribution is 0.119. The molecule has 0 bridgehead atoms. The predicted molar refractivity (Wildman–Crippen MR) is 62.0 cm³/mol. The van der Waals surface area contributed by atoms with E-state index in [0.29, 0.717) is 5.92 Å². The number of methoxy groups -OCH3 is 1. The standard InChI is InChI=1S/C12H25NO2/c1-13(8-4-10-15-2)9-7-11-5-3-6-12(11)14/h11-12,14H,3-10H2,1-2H3. The second kappa shape index (κ2) is 7.20. The van der Waals surface area contributed by atoms with Crippen molar-refractivity contribution in [1.82, 2.24) is 4.90 Å². The lowest BCUT2D eigenvalue weighted by Gasteiger charge is -2.20. The molecule has 15 heavy (non-hydrogen) atoms. The average molecular weight is 215 g/mol. The van der Waals surface area contributed by atoms with Gasteiger partial charge < -0.3 is 14.7 Å². The van der Waals surface area contributed by atoms with E-state index in [4.69, 9.17) is 4.74 Å². The van der Waals surface area contributed by atoms with Crippen molar-refractivity contribution in [3.05, 3.63) is 0 Å². The minimum atomic E-state index is -0.0302. The minimum Gasteiger partial charge on any atom is -0.393 e. The highest BCUT2D eigenvalue weighted by atomic mass is 16.5. The van der Waals surface area contributed by atoms with Crippen LogP contribution in [0.25, 0.3) is 0 Å². The molecule has 1 rings (SSSR count). The summed E-state index contributed by atoms with van der Waals surface area (Å²) < 4.78 is 5.02. The molecule has 2 atom stereocenters. The average Bonchev–Trinajstić information content (AvgIpc) is 2.61. The quantitative estimate of drug-likeness (QED) is 0.653. The van der Waals surface area contributed by atoms with Gasteiger partial charge in [0, 0.05) is 20.3 Å². The summed E-state index contributed by atoms with van der Waals surface area (Å²) in [5.41, 5.74) is 0. The molecule has 3 heteroatoms. The van der Waals surface area contributed by atoms with Gasteiger partial charge in [-0.05, 0) is 45.2 Å². The fourth-order valence-electron chi connectivity index (χ4n) is 2.33. The summed E-state index contributed by atoms with van der Waals surface area (Å²) >= 11 is 0. The van der Waals surface area contributed by atoms with E-state index in [2.05, 4.69) is 11.9 Å². The summed E-state index contributed by atoms with van der Waals surface area (Å²) in [5, 5.41) is 9.68. The Labute approximate surface area is 93.4 Å². The lowest BCUT2D eigenvalue weighted by atomic mass is 10.0. The molecule has 3 nitrogen and oxygen atoms in total. The number of aliphatic hydroxyl groups excluding tert-OH is 1. The van der Waals surface area contributed by atoms with Gasteiger partial charge in [-0.1, -0.05) is 6.42 Å². The van der Waals surface area contributed by atoms with Crippen molar-refractivity contribution in [2.24, 2.45) is 5.92 Å². The fraction of sp³-hybridized carbons (Fsp3) is 1.00. The Morgan fingerprint density at radius 3 is 2.73 bits per heavy atom. The summed E-state index contributed by atoms with van der Waals surface area (Å²) in [4.78, 5) is 2.34. The molecule has 1 fully saturated rings. The Bertz CT molecular complexity index is 164. The topological polar surface area (TPSA) is 32.7 Å². The van der Waals surface area contributed by atoms with Gasteiger partial charge in [0.1, 0.15) is 0 Å². The first-order valence-electron chi connectivity index (χ1n) is 6.09. The molecule has 0 heterocycles. The molecule has 0 saturated heterocycles. The van der Waals surface area contributed by atoms with Crippen LogP contribution in [-0.4, -0.2) is 50.0 Å². The molecule has 0 radical (unpaired) electrons. The van der Waals surface area contributed by atoms with E-state index < -0.39 is 0 Å². The Kier molecular flexibility index (Phi) is 6.22. The first-order valence-corrected chi connectivity index (χ1v) is 6.09. The van der Waals surface area contributed by atoms with Crippen LogP contribution in [0, 0.1) is 5.92 Å². The zero-order chi connectivity index (χ0) is 11.1. The third-order valence-electron chi connectivity index (χ3n) is 3.39. The zero-order valence-corrected chi connectivity index (χ0v) is 10.1. The number of nitrogens with zero attached hydrogens (tertiary/aromatic N) is 1. The van der Waals surface area contributed by atoms with Gasteiger partial charge in [-0.3, -0.25) is 0 Å². The van der Waals surface area contributed by atoms with Crippen LogP contribution in [0.2, 0.25) is 0 Å². The maximum absolute atomic E-state index is 9.68. The molecule has 0 aromatic carbocycles. The van der Waals surface area contributed by atoms with E-state index in [1.165, 1.54) is 12.8 Å². The van der Waals surface area contributed by atoms with E-state index in [9.17, 15) is 5.11 Å². The Morgan fingerprint density at radius 1 is 1.33 bits per heavy atom. The SMILES string of the molecule is COCCCN(C)CCC1CCCC1O. The highest BCUT2D eigenvalue weighted by Gasteiger charge is 2.24. The molecular formula is C12H25NO2. The third-order valence-corrected chi connectivity index (χ3v) is 3.39. The molecule has 90 valence electrons. The van der Waals surface area contributed by atoms with E-state index >= 15 is 0 Å². The summed E-state index contributed by atoms with van der Waals surface area (Å²) in [6.07, 6.45) is 5.65. The van der Waals surface area contributed by atoms with Gasteiger partial charge >= 0.3 is 0 Å². The number of hydrogen-bond donors (Lipinski definition) is 1. The van der Waals surface area contributed by atoms with Crippen LogP contribution in [-0.2, 0) is 4.74 Å². The number of hydrogen-bond acceptors (Lipinski definition) is 3. The van der Waals surface area contributed by atoms with Crippen molar-refractivity contribution >= 4 is 0 Å². The van der Waals surface area contributed by atoms with E-state index in [-0.39, 0.29) is 6.10 Å². The van der Waals surface area contributed by atoms with Gasteiger partial charge in [0.25, 0.3) is 0 Å². The van der Waals surface area contributed by atoms with Gasteiger partial charge in [0.2, 0.25) is 0 Å². The zero-order valence-electron chi connectivity index (χ0n) is 10.1. The molecule has 0 amide bonds. The second-order valence-electron chi connectivity index (χ2n) is 4.70. The third kappa shape index (κ3) is 4.96. The smallest absolute Gasteiger partial charge is 0.0568 e. The van der Waals surface area contributed by atoms with Crippen molar-refractivity contribution in [3.63, 3.8) is 0 Å². The van der Waals surface area contributed by atoms with Gasteiger partial charge in [-0.25, -0.2) is 0 Å². The maximum atomic E-state index is 9.68. The molecule has 0 aliphatic heterocycles. The Hall–Kier alpha value is -0.120. The molecular weight excluding hydrogens is 190 g/mol. The highest BCUT2D eigenvalue weighted by molar-refractivity contribution is 4.77. The highest BCUT2D eigenvalue weighted by Crippen LogP contribution is 2.28.